The summed E-state index contributed by atoms with van der Waals surface area (Å²) in [5, 5.41) is 21.1. The second kappa shape index (κ2) is 21.6. The van der Waals surface area contributed by atoms with Gasteiger partial charge < -0.3 is 45.0 Å². The normalized spacial score (nSPS) is 18.3. The molecule has 2 aliphatic carbocycles. The summed E-state index contributed by atoms with van der Waals surface area (Å²) in [6.45, 7) is 14.1. The van der Waals surface area contributed by atoms with Crippen LogP contribution in [0, 0.1) is 17.8 Å². The van der Waals surface area contributed by atoms with E-state index in [9.17, 15) is 9.59 Å². The first-order valence-corrected chi connectivity index (χ1v) is 19.5. The number of alkyl carbamates (subject to hydrolysis) is 1. The minimum atomic E-state index is -0.375. The Morgan fingerprint density at radius 3 is 2.15 bits per heavy atom. The number of nitrogens with one attached hydrogen (secondary N) is 4. The lowest BCUT2D eigenvalue weighted by molar-refractivity contribution is 0.0442. The van der Waals surface area contributed by atoms with Crippen molar-refractivity contribution in [1.29, 1.82) is 0 Å². The van der Waals surface area contributed by atoms with Crippen molar-refractivity contribution in [3.8, 4) is 5.75 Å². The summed E-state index contributed by atoms with van der Waals surface area (Å²) in [5.74, 6) is 2.16. The van der Waals surface area contributed by atoms with Crippen LogP contribution in [-0.4, -0.2) is 118 Å². The van der Waals surface area contributed by atoms with Gasteiger partial charge in [-0.1, -0.05) is 5.21 Å². The van der Waals surface area contributed by atoms with Crippen LogP contribution in [0.2, 0.25) is 0 Å². The minimum absolute atomic E-state index is 0.0356. The number of hydrogen-bond acceptors (Lipinski definition) is 11. The van der Waals surface area contributed by atoms with E-state index >= 15 is 0 Å². The van der Waals surface area contributed by atoms with Gasteiger partial charge in [-0.15, -0.1) is 5.10 Å². The standard InChI is InChI=1S/C39H65N7O7/c1-38(2,40-5)16-7-21-52-30-10-8-29(9-11-30)36(47)42-18-23-50-26-27-51-25-20-46-35-15-13-32-31(12-14-34(35)44-45-46)33(32)28-53-37(48)43-19-24-49-22-17-39(3,4)41-6/h8-11,31-33,40-41H,7,12-28H2,1-6H3,(H,42,47)(H,43,48)/t31-,32+,33-/m1/s1. The molecular formula is C39H65N7O7. The number of fused-ring (bicyclic) bond motifs is 2. The summed E-state index contributed by atoms with van der Waals surface area (Å²) in [5.41, 5.74) is 2.97. The third kappa shape index (κ3) is 14.8. The molecule has 1 heterocycles. The highest BCUT2D eigenvalue weighted by Gasteiger charge is 2.50. The fraction of sp³-hybridized carbons (Fsp3) is 0.744. The quantitative estimate of drug-likeness (QED) is 0.110. The predicted molar refractivity (Wildman–Crippen MR) is 203 cm³/mol. The summed E-state index contributed by atoms with van der Waals surface area (Å²) in [4.78, 5) is 24.7. The summed E-state index contributed by atoms with van der Waals surface area (Å²) >= 11 is 0. The van der Waals surface area contributed by atoms with Gasteiger partial charge in [0.15, 0.2) is 0 Å². The van der Waals surface area contributed by atoms with Crippen molar-refractivity contribution >= 4 is 12.0 Å². The Balaban J connectivity index is 1.00. The van der Waals surface area contributed by atoms with E-state index in [0.29, 0.717) is 95.8 Å². The Hall–Kier alpha value is -3.30. The molecule has 0 radical (unpaired) electrons. The molecule has 298 valence electrons. The Bertz CT molecular complexity index is 1380. The zero-order chi connectivity index (χ0) is 38.1. The van der Waals surface area contributed by atoms with Crippen LogP contribution in [0.1, 0.15) is 81.5 Å². The summed E-state index contributed by atoms with van der Waals surface area (Å²) < 4.78 is 30.4. The number of aryl methyl sites for hydroxylation is 1. The number of rotatable bonds is 25. The molecule has 1 saturated carbocycles. The van der Waals surface area contributed by atoms with Gasteiger partial charge in [0.1, 0.15) is 5.75 Å². The molecule has 0 saturated heterocycles. The third-order valence-corrected chi connectivity index (χ3v) is 10.7. The SMILES string of the molecule is CNC(C)(C)CCCOc1ccc(C(=O)NCCOCCOCCn2nnc3c2CC[C@H]2[C@@H](CC3)[C@H]2COC(=O)NCCOCCC(C)(C)NC)cc1. The summed E-state index contributed by atoms with van der Waals surface area (Å²) in [6, 6.07) is 7.21. The van der Waals surface area contributed by atoms with Crippen molar-refractivity contribution < 1.29 is 33.3 Å². The average Bonchev–Trinajstić information content (AvgIpc) is 3.66. The maximum Gasteiger partial charge on any atom is 0.407 e. The van der Waals surface area contributed by atoms with Gasteiger partial charge in [-0.2, -0.15) is 0 Å². The molecule has 2 amide bonds. The van der Waals surface area contributed by atoms with E-state index in [4.69, 9.17) is 23.7 Å². The minimum Gasteiger partial charge on any atom is -0.494 e. The molecule has 2 aliphatic rings. The molecule has 53 heavy (non-hydrogen) atoms. The van der Waals surface area contributed by atoms with Crippen molar-refractivity contribution in [1.82, 2.24) is 36.3 Å². The monoisotopic (exact) mass is 743 g/mol. The highest BCUT2D eigenvalue weighted by molar-refractivity contribution is 5.94. The van der Waals surface area contributed by atoms with Gasteiger partial charge in [0.25, 0.3) is 5.91 Å². The summed E-state index contributed by atoms with van der Waals surface area (Å²) in [7, 11) is 3.91. The molecule has 1 aromatic carbocycles. The molecule has 14 nitrogen and oxygen atoms in total. The topological polar surface area (TPSA) is 159 Å². The fourth-order valence-electron chi connectivity index (χ4n) is 6.60. The first-order chi connectivity index (χ1) is 25.5. The molecule has 3 atom stereocenters. The lowest BCUT2D eigenvalue weighted by Gasteiger charge is -2.23. The van der Waals surface area contributed by atoms with Crippen LogP contribution in [-0.2, 0) is 38.3 Å². The number of benzene rings is 1. The molecule has 1 aromatic heterocycles. The Labute approximate surface area is 316 Å². The van der Waals surface area contributed by atoms with Gasteiger partial charge in [0.2, 0.25) is 0 Å². The first-order valence-electron chi connectivity index (χ1n) is 19.5. The van der Waals surface area contributed by atoms with Crippen LogP contribution in [0.3, 0.4) is 0 Å². The number of carbonyl (C=O) groups is 2. The van der Waals surface area contributed by atoms with Gasteiger partial charge in [-0.25, -0.2) is 9.48 Å². The Kier molecular flexibility index (Phi) is 17.3. The second-order valence-corrected chi connectivity index (χ2v) is 15.4. The highest BCUT2D eigenvalue weighted by Crippen LogP contribution is 2.52. The fourth-order valence-corrected chi connectivity index (χ4v) is 6.60. The van der Waals surface area contributed by atoms with E-state index in [0.717, 1.165) is 56.4 Å². The molecule has 0 spiro atoms. The molecule has 0 bridgehead atoms. The van der Waals surface area contributed by atoms with Crippen molar-refractivity contribution in [2.45, 2.75) is 90.3 Å². The zero-order valence-electron chi connectivity index (χ0n) is 33.0. The van der Waals surface area contributed by atoms with E-state index < -0.39 is 0 Å². The van der Waals surface area contributed by atoms with Crippen LogP contribution in [0.4, 0.5) is 4.79 Å². The van der Waals surface area contributed by atoms with Crippen LogP contribution >= 0.6 is 0 Å². The maximum atomic E-state index is 12.5. The molecule has 2 aromatic rings. The number of ether oxygens (including phenoxy) is 5. The lowest BCUT2D eigenvalue weighted by Crippen LogP contribution is -2.37. The van der Waals surface area contributed by atoms with Gasteiger partial charge in [0.05, 0.1) is 64.2 Å². The Morgan fingerprint density at radius 1 is 0.792 bits per heavy atom. The molecule has 0 unspecified atom stereocenters. The number of hydrogen-bond donors (Lipinski definition) is 4. The van der Waals surface area contributed by atoms with Crippen molar-refractivity contribution in [2.24, 2.45) is 17.8 Å². The van der Waals surface area contributed by atoms with E-state index in [2.05, 4.69) is 59.3 Å². The van der Waals surface area contributed by atoms with E-state index in [1.807, 2.05) is 30.9 Å². The van der Waals surface area contributed by atoms with Crippen molar-refractivity contribution in [3.63, 3.8) is 0 Å². The zero-order valence-corrected chi connectivity index (χ0v) is 33.0. The highest BCUT2D eigenvalue weighted by atomic mass is 16.5. The molecule has 1 fully saturated rings. The van der Waals surface area contributed by atoms with Crippen molar-refractivity contribution in [3.05, 3.63) is 41.2 Å². The van der Waals surface area contributed by atoms with Gasteiger partial charge in [-0.05, 0) is 129 Å². The van der Waals surface area contributed by atoms with Gasteiger partial charge in [0, 0.05) is 36.3 Å². The molecule has 4 rings (SSSR count). The largest absolute Gasteiger partial charge is 0.494 e. The van der Waals surface area contributed by atoms with Crippen LogP contribution < -0.4 is 26.0 Å². The molecule has 0 aliphatic heterocycles. The number of nitrogens with zero attached hydrogens (tertiary/aromatic N) is 3. The van der Waals surface area contributed by atoms with Gasteiger partial charge in [-0.3, -0.25) is 4.79 Å². The van der Waals surface area contributed by atoms with E-state index in [1.165, 1.54) is 5.69 Å². The number of carbonyl (C=O) groups excluding carboxylic acids is 2. The second-order valence-electron chi connectivity index (χ2n) is 15.4. The number of aromatic nitrogens is 3. The summed E-state index contributed by atoms with van der Waals surface area (Å²) in [6.07, 6.45) is 6.37. The average molecular weight is 744 g/mol. The first kappa shape index (κ1) is 42.4. The lowest BCUT2D eigenvalue weighted by atomic mass is 9.99. The van der Waals surface area contributed by atoms with Crippen LogP contribution in [0.5, 0.6) is 5.75 Å². The van der Waals surface area contributed by atoms with Crippen LogP contribution in [0.15, 0.2) is 24.3 Å². The van der Waals surface area contributed by atoms with E-state index in [-0.39, 0.29) is 23.1 Å². The predicted octanol–water partition coefficient (Wildman–Crippen LogP) is 3.77. The van der Waals surface area contributed by atoms with Gasteiger partial charge >= 0.3 is 6.09 Å². The maximum absolute atomic E-state index is 12.5. The molecule has 4 N–H and O–H groups in total. The molecule has 14 heteroatoms. The number of amides is 2. The Morgan fingerprint density at radius 2 is 1.43 bits per heavy atom. The molecular weight excluding hydrogens is 678 g/mol. The van der Waals surface area contributed by atoms with Crippen molar-refractivity contribution in [2.75, 3.05) is 80.0 Å². The smallest absolute Gasteiger partial charge is 0.407 e. The van der Waals surface area contributed by atoms with E-state index in [1.54, 1.807) is 12.1 Å². The third-order valence-electron chi connectivity index (χ3n) is 10.7. The van der Waals surface area contributed by atoms with Crippen LogP contribution in [0.25, 0.3) is 0 Å².